The molecule has 0 atom stereocenters. The predicted octanol–water partition coefficient (Wildman–Crippen LogP) is 8.74. The van der Waals surface area contributed by atoms with Crippen molar-refractivity contribution >= 4 is 47.7 Å². The van der Waals surface area contributed by atoms with E-state index in [1.165, 1.54) is 13.8 Å². The molecule has 0 saturated heterocycles. The van der Waals surface area contributed by atoms with Crippen molar-refractivity contribution in [1.29, 1.82) is 0 Å². The SMILES string of the molecule is [2H]c1c([2H])c([2H])c2c([2H])c([2H])c(C)nc2c1[O][Al]([O]c1ccc(-c2ccccc2)c2ccccc12)[O]c1c([2H])c([2H])c([2H])c2c([2H])c([2H])c(C)nc12. The maximum absolute atomic E-state index is 8.82. The summed E-state index contributed by atoms with van der Waals surface area (Å²) in [5.41, 5.74) is 1.87. The van der Waals surface area contributed by atoms with Gasteiger partial charge in [0.1, 0.15) is 22.5 Å². The van der Waals surface area contributed by atoms with Gasteiger partial charge in [-0.1, -0.05) is 96.9 Å². The van der Waals surface area contributed by atoms with Crippen molar-refractivity contribution in [1.82, 2.24) is 9.97 Å². The topological polar surface area (TPSA) is 53.5 Å². The predicted molar refractivity (Wildman–Crippen MR) is 170 cm³/mol. The van der Waals surface area contributed by atoms with Gasteiger partial charge in [0, 0.05) is 27.5 Å². The Kier molecular flexibility index (Phi) is 4.57. The molecule has 2 heterocycles. The molecule has 7 rings (SSSR count). The highest BCUT2D eigenvalue weighted by atomic mass is 27.3. The number of aryl methyl sites for hydroxylation is 2. The van der Waals surface area contributed by atoms with Gasteiger partial charge in [-0.15, -0.1) is 0 Å². The van der Waals surface area contributed by atoms with Crippen LogP contribution < -0.4 is 11.4 Å². The van der Waals surface area contributed by atoms with Crippen LogP contribution >= 0.6 is 0 Å². The van der Waals surface area contributed by atoms with Crippen LogP contribution in [0.2, 0.25) is 0 Å². The van der Waals surface area contributed by atoms with Crippen LogP contribution in [0.15, 0.2) is 127 Å². The molecule has 42 heavy (non-hydrogen) atoms. The van der Waals surface area contributed by atoms with Crippen molar-refractivity contribution in [2.24, 2.45) is 0 Å². The van der Waals surface area contributed by atoms with Crippen molar-refractivity contribution in [3.8, 4) is 28.4 Å². The molecule has 0 spiro atoms. The van der Waals surface area contributed by atoms with Crippen molar-refractivity contribution in [3.63, 3.8) is 0 Å². The molecule has 0 fully saturated rings. The largest absolute Gasteiger partial charge is 1.20 e. The van der Waals surface area contributed by atoms with Crippen molar-refractivity contribution in [3.05, 3.63) is 139 Å². The van der Waals surface area contributed by atoms with Gasteiger partial charge in [-0.05, 0) is 60.6 Å². The second-order valence-electron chi connectivity index (χ2n) is 9.41. The number of benzene rings is 5. The molecular formula is C36H27AlN2O3. The molecule has 5 nitrogen and oxygen atoms in total. The summed E-state index contributed by atoms with van der Waals surface area (Å²) < 4.78 is 105. The summed E-state index contributed by atoms with van der Waals surface area (Å²) in [7, 11) is 0. The number of pyridine rings is 2. The molecule has 0 unspecified atom stereocenters. The van der Waals surface area contributed by atoms with E-state index in [-0.39, 0.29) is 68.9 Å². The van der Waals surface area contributed by atoms with Gasteiger partial charge in [0.05, 0.1) is 19.5 Å². The molecule has 0 bridgehead atoms. The smallest absolute Gasteiger partial charge is 0.577 e. The van der Waals surface area contributed by atoms with Crippen molar-refractivity contribution in [2.45, 2.75) is 13.8 Å². The van der Waals surface area contributed by atoms with Crippen LogP contribution in [0, 0.1) is 13.8 Å². The third-order valence-corrected chi connectivity index (χ3v) is 7.85. The van der Waals surface area contributed by atoms with Crippen LogP contribution in [0.3, 0.4) is 0 Å². The first-order valence-electron chi connectivity index (χ1n) is 18.1. The fraction of sp³-hybridized carbons (Fsp3) is 0.0556. The lowest BCUT2D eigenvalue weighted by Crippen LogP contribution is -2.37. The van der Waals surface area contributed by atoms with E-state index < -0.39 is 51.4 Å². The lowest BCUT2D eigenvalue weighted by atomic mass is 9.98. The van der Waals surface area contributed by atoms with Gasteiger partial charge in [0.15, 0.2) is 0 Å². The van der Waals surface area contributed by atoms with Gasteiger partial charge >= 0.3 is 15.1 Å². The molecule has 0 amide bonds. The van der Waals surface area contributed by atoms with E-state index in [2.05, 4.69) is 9.97 Å². The average Bonchev–Trinajstić information content (AvgIpc) is 3.14. The first-order valence-corrected chi connectivity index (χ1v) is 14.5. The van der Waals surface area contributed by atoms with Gasteiger partial charge < -0.3 is 11.4 Å². The van der Waals surface area contributed by atoms with Crippen molar-refractivity contribution < 1.29 is 25.1 Å². The van der Waals surface area contributed by atoms with E-state index in [1.807, 2.05) is 60.7 Å². The lowest BCUT2D eigenvalue weighted by Gasteiger charge is -2.20. The summed E-state index contributed by atoms with van der Waals surface area (Å²) in [6.07, 6.45) is 0. The second-order valence-corrected chi connectivity index (χ2v) is 10.7. The van der Waals surface area contributed by atoms with Gasteiger partial charge in [0.2, 0.25) is 0 Å². The number of para-hydroxylation sites is 2. The Morgan fingerprint density at radius 3 is 1.71 bits per heavy atom. The molecule has 0 aliphatic heterocycles. The maximum Gasteiger partial charge on any atom is 1.20 e. The van der Waals surface area contributed by atoms with E-state index in [0.29, 0.717) is 11.1 Å². The zero-order chi connectivity index (χ0) is 37.2. The minimum absolute atomic E-state index is 0.125. The Balaban J connectivity index is 1.46. The molecule has 7 aromatic rings. The summed E-state index contributed by atoms with van der Waals surface area (Å²) in [6, 6.07) is 16.4. The average molecular weight is 573 g/mol. The number of hydrogen-bond donors (Lipinski definition) is 0. The normalized spacial score (nSPS) is 14.4. The Morgan fingerprint density at radius 2 is 1.10 bits per heavy atom. The highest BCUT2D eigenvalue weighted by Crippen LogP contribution is 2.36. The van der Waals surface area contributed by atoms with Crippen LogP contribution in [-0.2, 0) is 0 Å². The number of hydrogen-bond acceptors (Lipinski definition) is 5. The summed E-state index contributed by atoms with van der Waals surface area (Å²) in [5.74, 6) is -0.387. The lowest BCUT2D eigenvalue weighted by molar-refractivity contribution is 0.311. The van der Waals surface area contributed by atoms with E-state index >= 15 is 0 Å². The third kappa shape index (κ3) is 5.15. The Labute approximate surface area is 263 Å². The second kappa shape index (κ2) is 11.2. The number of fused-ring (bicyclic) bond motifs is 3. The van der Waals surface area contributed by atoms with Gasteiger partial charge in [0.25, 0.3) is 0 Å². The zero-order valence-corrected chi connectivity index (χ0v) is 23.7. The van der Waals surface area contributed by atoms with E-state index in [4.69, 9.17) is 25.1 Å². The highest BCUT2D eigenvalue weighted by Gasteiger charge is 2.45. The first-order chi connectivity index (χ1) is 24.8. The van der Waals surface area contributed by atoms with Gasteiger partial charge in [-0.3, -0.25) is 0 Å². The number of rotatable bonds is 7. The molecule has 0 aliphatic rings. The monoisotopic (exact) mass is 572 g/mol. The molecule has 0 radical (unpaired) electrons. The van der Waals surface area contributed by atoms with Gasteiger partial charge in [-0.25, -0.2) is 9.97 Å². The molecule has 202 valence electrons. The molecule has 5 aromatic carbocycles. The number of aromatic nitrogens is 2. The summed E-state index contributed by atoms with van der Waals surface area (Å²) in [4.78, 5) is 8.79. The van der Waals surface area contributed by atoms with Crippen LogP contribution in [0.25, 0.3) is 43.7 Å². The Hall–Kier alpha value is -4.89. The van der Waals surface area contributed by atoms with Crippen LogP contribution in [0.5, 0.6) is 17.2 Å². The molecule has 0 aliphatic carbocycles. The molecular weight excluding hydrogens is 535 g/mol. The molecule has 2 aromatic heterocycles. The zero-order valence-electron chi connectivity index (χ0n) is 32.5. The van der Waals surface area contributed by atoms with Gasteiger partial charge in [-0.2, -0.15) is 0 Å². The Morgan fingerprint density at radius 1 is 0.548 bits per heavy atom. The minimum Gasteiger partial charge on any atom is -0.577 e. The van der Waals surface area contributed by atoms with E-state index in [9.17, 15) is 0 Å². The van der Waals surface area contributed by atoms with Crippen LogP contribution in [0.1, 0.15) is 25.1 Å². The number of nitrogens with zero attached hydrogens (tertiary/aromatic N) is 2. The molecule has 0 N–H and O–H groups in total. The quantitative estimate of drug-likeness (QED) is 0.179. The minimum atomic E-state index is -3.87. The fourth-order valence-corrected chi connectivity index (χ4v) is 5.92. The van der Waals surface area contributed by atoms with E-state index in [0.717, 1.165) is 16.5 Å². The Bertz CT molecular complexity index is 2480. The summed E-state index contributed by atoms with van der Waals surface area (Å²) in [5, 5.41) is 1.15. The molecule has 6 heteroatoms. The maximum atomic E-state index is 8.82. The third-order valence-electron chi connectivity index (χ3n) is 6.55. The highest BCUT2D eigenvalue weighted by molar-refractivity contribution is 6.40. The standard InChI is InChI=1S/C16H12O.2C10H9NO.Al/c17-16-11-10-13(12-6-2-1-3-7-12)14-8-4-5-9-15(14)16;2*1-7-5-6-8-3-2-4-9(12)10(8)11-7;/h1-11,17H;2*2-6,12H,1H3;/q;;;+3/p-3/i;2*2D,3D,4D,5D,6D;. The van der Waals surface area contributed by atoms with E-state index in [1.54, 1.807) is 6.07 Å². The molecule has 0 saturated carbocycles. The van der Waals surface area contributed by atoms with Crippen LogP contribution in [0.4, 0.5) is 0 Å². The van der Waals surface area contributed by atoms with Crippen molar-refractivity contribution in [2.75, 3.05) is 0 Å². The summed E-state index contributed by atoms with van der Waals surface area (Å²) >= 11 is -3.87. The summed E-state index contributed by atoms with van der Waals surface area (Å²) in [6.45, 7) is 2.99. The van der Waals surface area contributed by atoms with Crippen LogP contribution in [-0.4, -0.2) is 25.1 Å². The first kappa shape index (κ1) is 17.2. The fourth-order valence-electron chi connectivity index (χ4n) is 4.64.